The third-order valence-corrected chi connectivity index (χ3v) is 4.18. The Bertz CT molecular complexity index is 652. The lowest BCUT2D eigenvalue weighted by atomic mass is 10.2. The van der Waals surface area contributed by atoms with E-state index in [9.17, 15) is 9.00 Å². The number of carbonyl (C=O) groups is 1. The van der Waals surface area contributed by atoms with Crippen LogP contribution in [0.1, 0.15) is 23.3 Å². The molecular weight excluding hydrogens is 288 g/mol. The summed E-state index contributed by atoms with van der Waals surface area (Å²) in [5.41, 5.74) is 2.17. The van der Waals surface area contributed by atoms with E-state index in [1.807, 2.05) is 31.2 Å². The van der Waals surface area contributed by atoms with Crippen LogP contribution < -0.4 is 5.32 Å². The number of nitrogens with zero attached hydrogens (tertiary/aromatic N) is 1. The van der Waals surface area contributed by atoms with E-state index in [1.54, 1.807) is 13.0 Å². The van der Waals surface area contributed by atoms with E-state index in [4.69, 9.17) is 4.52 Å². The summed E-state index contributed by atoms with van der Waals surface area (Å²) >= 11 is 0. The van der Waals surface area contributed by atoms with Crippen molar-refractivity contribution in [3.05, 3.63) is 47.2 Å². The summed E-state index contributed by atoms with van der Waals surface area (Å²) in [5.74, 6) is 1.62. The van der Waals surface area contributed by atoms with Gasteiger partial charge in [0.15, 0.2) is 5.82 Å². The van der Waals surface area contributed by atoms with Crippen LogP contribution in [0.4, 0.5) is 5.82 Å². The van der Waals surface area contributed by atoms with Gasteiger partial charge in [0.05, 0.1) is 0 Å². The summed E-state index contributed by atoms with van der Waals surface area (Å²) in [4.78, 5) is 11.7. The number of anilines is 1. The Balaban J connectivity index is 1.77. The standard InChI is InChI=1S/C15H18N2O3S/c1-11-4-3-5-13(8-11)10-21(19)7-6-15(18)16-14-9-12(2)20-17-14/h3-5,8-9H,6-7,10H2,1-2H3,(H,16,17,18). The number of aromatic nitrogens is 1. The molecule has 0 bridgehead atoms. The van der Waals surface area contributed by atoms with Crippen molar-refractivity contribution in [3.8, 4) is 0 Å². The van der Waals surface area contributed by atoms with Crippen LogP contribution in [0, 0.1) is 13.8 Å². The van der Waals surface area contributed by atoms with Crippen molar-refractivity contribution in [2.24, 2.45) is 0 Å². The van der Waals surface area contributed by atoms with Crippen LogP contribution in [0.15, 0.2) is 34.9 Å². The normalized spacial score (nSPS) is 12.1. The molecule has 6 heteroatoms. The van der Waals surface area contributed by atoms with Crippen LogP contribution in [0.5, 0.6) is 0 Å². The monoisotopic (exact) mass is 306 g/mol. The predicted molar refractivity (Wildman–Crippen MR) is 82.4 cm³/mol. The maximum absolute atomic E-state index is 12.0. The Morgan fingerprint density at radius 3 is 2.81 bits per heavy atom. The van der Waals surface area contributed by atoms with E-state index in [0.29, 0.717) is 23.1 Å². The number of nitrogens with one attached hydrogen (secondary N) is 1. The fraction of sp³-hybridized carbons (Fsp3) is 0.333. The van der Waals surface area contributed by atoms with Gasteiger partial charge in [-0.1, -0.05) is 35.0 Å². The Labute approximate surface area is 126 Å². The molecule has 2 rings (SSSR count). The third-order valence-electron chi connectivity index (χ3n) is 2.86. The molecule has 0 aliphatic heterocycles. The number of carbonyl (C=O) groups excluding carboxylic acids is 1. The Morgan fingerprint density at radius 1 is 1.33 bits per heavy atom. The first-order valence-electron chi connectivity index (χ1n) is 6.66. The summed E-state index contributed by atoms with van der Waals surface area (Å²) in [6.07, 6.45) is 0.199. The lowest BCUT2D eigenvalue weighted by Crippen LogP contribution is -2.15. The molecule has 1 atom stereocenters. The van der Waals surface area contributed by atoms with Crippen LogP contribution in [-0.2, 0) is 21.3 Å². The van der Waals surface area contributed by atoms with Crippen molar-refractivity contribution in [2.75, 3.05) is 11.1 Å². The molecule has 1 aromatic carbocycles. The molecule has 0 radical (unpaired) electrons. The zero-order valence-electron chi connectivity index (χ0n) is 12.1. The average Bonchev–Trinajstić information content (AvgIpc) is 2.82. The van der Waals surface area contributed by atoms with Crippen molar-refractivity contribution in [2.45, 2.75) is 26.0 Å². The highest BCUT2D eigenvalue weighted by atomic mass is 32.2. The minimum atomic E-state index is -1.06. The quantitative estimate of drug-likeness (QED) is 0.890. The minimum absolute atomic E-state index is 0.199. The maximum atomic E-state index is 12.0. The van der Waals surface area contributed by atoms with E-state index in [1.165, 1.54) is 0 Å². The van der Waals surface area contributed by atoms with Crippen LogP contribution in [0.25, 0.3) is 0 Å². The van der Waals surface area contributed by atoms with Crippen molar-refractivity contribution in [1.82, 2.24) is 5.16 Å². The molecule has 0 aliphatic carbocycles. The predicted octanol–water partition coefficient (Wildman–Crippen LogP) is 2.57. The van der Waals surface area contributed by atoms with Crippen molar-refractivity contribution < 1.29 is 13.5 Å². The summed E-state index contributed by atoms with van der Waals surface area (Å²) in [7, 11) is -1.06. The van der Waals surface area contributed by atoms with Gasteiger partial charge < -0.3 is 9.84 Å². The Morgan fingerprint density at radius 2 is 2.14 bits per heavy atom. The molecule has 0 fully saturated rings. The number of amides is 1. The molecule has 1 aromatic heterocycles. The van der Waals surface area contributed by atoms with E-state index >= 15 is 0 Å². The second kappa shape index (κ2) is 7.17. The summed E-state index contributed by atoms with van der Waals surface area (Å²) in [5, 5.41) is 6.29. The van der Waals surface area contributed by atoms with E-state index in [0.717, 1.165) is 11.1 Å². The minimum Gasteiger partial charge on any atom is -0.360 e. The van der Waals surface area contributed by atoms with Crippen molar-refractivity contribution in [3.63, 3.8) is 0 Å². The van der Waals surface area contributed by atoms with Crippen LogP contribution in [0.2, 0.25) is 0 Å². The van der Waals surface area contributed by atoms with E-state index in [-0.39, 0.29) is 12.3 Å². The fourth-order valence-corrected chi connectivity index (χ4v) is 3.01. The van der Waals surface area contributed by atoms with E-state index in [2.05, 4.69) is 10.5 Å². The highest BCUT2D eigenvalue weighted by Crippen LogP contribution is 2.09. The first-order valence-corrected chi connectivity index (χ1v) is 8.15. The highest BCUT2D eigenvalue weighted by molar-refractivity contribution is 7.84. The molecule has 5 nitrogen and oxygen atoms in total. The third kappa shape index (κ3) is 5.15. The van der Waals surface area contributed by atoms with Gasteiger partial charge in [0.2, 0.25) is 5.91 Å². The molecule has 1 heterocycles. The first-order chi connectivity index (χ1) is 10.0. The highest BCUT2D eigenvalue weighted by Gasteiger charge is 2.09. The van der Waals surface area contributed by atoms with Gasteiger partial charge in [-0.3, -0.25) is 9.00 Å². The topological polar surface area (TPSA) is 72.2 Å². The molecule has 1 N–H and O–H groups in total. The molecule has 0 spiro atoms. The second-order valence-electron chi connectivity index (χ2n) is 4.90. The smallest absolute Gasteiger partial charge is 0.226 e. The molecule has 1 unspecified atom stereocenters. The molecule has 0 saturated heterocycles. The summed E-state index contributed by atoms with van der Waals surface area (Å²) in [6.45, 7) is 3.75. The van der Waals surface area contributed by atoms with Gasteiger partial charge in [-0.25, -0.2) is 0 Å². The molecule has 112 valence electrons. The molecule has 0 aliphatic rings. The van der Waals surface area contributed by atoms with Crippen LogP contribution in [0.3, 0.4) is 0 Å². The molecule has 0 saturated carbocycles. The fourth-order valence-electron chi connectivity index (χ4n) is 1.90. The molecule has 2 aromatic rings. The van der Waals surface area contributed by atoms with Gasteiger partial charge in [0.25, 0.3) is 0 Å². The molecular formula is C15H18N2O3S. The maximum Gasteiger partial charge on any atom is 0.226 e. The van der Waals surface area contributed by atoms with Gasteiger partial charge in [-0.05, 0) is 19.4 Å². The van der Waals surface area contributed by atoms with Crippen LogP contribution in [-0.4, -0.2) is 21.0 Å². The summed E-state index contributed by atoms with van der Waals surface area (Å²) < 4.78 is 16.8. The SMILES string of the molecule is Cc1cccc(CS(=O)CCC(=O)Nc2cc(C)on2)c1. The number of hydrogen-bond donors (Lipinski definition) is 1. The lowest BCUT2D eigenvalue weighted by Gasteiger charge is -2.04. The Hall–Kier alpha value is -1.95. The van der Waals surface area contributed by atoms with E-state index < -0.39 is 10.8 Å². The average molecular weight is 306 g/mol. The zero-order chi connectivity index (χ0) is 15.2. The van der Waals surface area contributed by atoms with Gasteiger partial charge in [0, 0.05) is 34.8 Å². The number of benzene rings is 1. The molecule has 1 amide bonds. The van der Waals surface area contributed by atoms with Gasteiger partial charge in [0.1, 0.15) is 5.76 Å². The first kappa shape index (κ1) is 15.4. The number of rotatable bonds is 6. The van der Waals surface area contributed by atoms with Gasteiger partial charge >= 0.3 is 0 Å². The Kier molecular flexibility index (Phi) is 5.27. The number of aryl methyl sites for hydroxylation is 2. The second-order valence-corrected chi connectivity index (χ2v) is 6.47. The zero-order valence-corrected chi connectivity index (χ0v) is 12.9. The van der Waals surface area contributed by atoms with Crippen molar-refractivity contribution >= 4 is 22.5 Å². The van der Waals surface area contributed by atoms with Crippen molar-refractivity contribution in [1.29, 1.82) is 0 Å². The largest absolute Gasteiger partial charge is 0.360 e. The number of hydrogen-bond acceptors (Lipinski definition) is 4. The van der Waals surface area contributed by atoms with Gasteiger partial charge in [-0.2, -0.15) is 0 Å². The molecule has 21 heavy (non-hydrogen) atoms. The van der Waals surface area contributed by atoms with Gasteiger partial charge in [-0.15, -0.1) is 0 Å². The lowest BCUT2D eigenvalue weighted by molar-refractivity contribution is -0.115. The van der Waals surface area contributed by atoms with Crippen LogP contribution >= 0.6 is 0 Å². The summed E-state index contributed by atoms with van der Waals surface area (Å²) in [6, 6.07) is 9.54.